The van der Waals surface area contributed by atoms with Gasteiger partial charge in [0.25, 0.3) is 5.88 Å². The number of piperidine rings is 1. The predicted molar refractivity (Wildman–Crippen MR) is 89.0 cm³/mol. The van der Waals surface area contributed by atoms with Crippen LogP contribution in [-0.2, 0) is 6.42 Å². The Morgan fingerprint density at radius 2 is 2.26 bits per heavy atom. The molecule has 1 N–H and O–H groups in total. The molecule has 4 rings (SSSR count). The minimum atomic E-state index is -0.190. The Balaban J connectivity index is 1.41. The van der Waals surface area contributed by atoms with Gasteiger partial charge in [0, 0.05) is 24.4 Å². The van der Waals surface area contributed by atoms with E-state index in [-0.39, 0.29) is 12.1 Å². The van der Waals surface area contributed by atoms with Crippen LogP contribution >= 0.6 is 23.1 Å². The maximum absolute atomic E-state index is 10.0. The molecule has 4 heterocycles. The topological polar surface area (TPSA) is 71.4 Å². The minimum absolute atomic E-state index is 0.190. The maximum Gasteiger partial charge on any atom is 0.250 e. The molecule has 4 unspecified atom stereocenters. The molecule has 0 radical (unpaired) electrons. The lowest BCUT2D eigenvalue weighted by atomic mass is 9.93. The van der Waals surface area contributed by atoms with Crippen molar-refractivity contribution in [2.45, 2.75) is 38.3 Å². The number of nitrogens with zero attached hydrogens (tertiary/aromatic N) is 4. The highest BCUT2D eigenvalue weighted by molar-refractivity contribution is 7.09. The van der Waals surface area contributed by atoms with Gasteiger partial charge in [-0.25, -0.2) is 4.98 Å². The molecule has 2 saturated heterocycles. The second kappa shape index (κ2) is 6.43. The lowest BCUT2D eigenvalue weighted by molar-refractivity contribution is 0.144. The summed E-state index contributed by atoms with van der Waals surface area (Å²) < 4.78 is 14.7. The first-order valence-corrected chi connectivity index (χ1v) is 9.59. The highest BCUT2D eigenvalue weighted by Gasteiger charge is 2.42. The first kappa shape index (κ1) is 15.4. The average Bonchev–Trinajstić information content (AvgIpc) is 3.23. The molecule has 2 aromatic heterocycles. The third-order valence-corrected chi connectivity index (χ3v) is 6.42. The maximum atomic E-state index is 10.0. The molecule has 0 spiro atoms. The summed E-state index contributed by atoms with van der Waals surface area (Å²) in [5.74, 6) is 1.10. The number of fused-ring (bicyclic) bond motifs is 2. The van der Waals surface area contributed by atoms with E-state index in [1.54, 1.807) is 11.3 Å². The molecule has 0 aromatic carbocycles. The third-order valence-electron chi connectivity index (χ3n) is 4.90. The van der Waals surface area contributed by atoms with Gasteiger partial charge in [-0.15, -0.1) is 15.7 Å². The molecule has 2 fully saturated rings. The largest absolute Gasteiger partial charge is 0.475 e. The Morgan fingerprint density at radius 3 is 3.09 bits per heavy atom. The number of rotatable bonds is 5. The van der Waals surface area contributed by atoms with Crippen molar-refractivity contribution in [3.8, 4) is 5.88 Å². The van der Waals surface area contributed by atoms with Crippen LogP contribution in [0.3, 0.4) is 0 Å². The van der Waals surface area contributed by atoms with Crippen LogP contribution < -0.4 is 4.74 Å². The molecule has 2 aromatic rings. The third kappa shape index (κ3) is 3.00. The zero-order valence-electron chi connectivity index (χ0n) is 13.0. The number of aliphatic hydroxyl groups excluding tert-OH is 1. The highest BCUT2D eigenvalue weighted by Crippen LogP contribution is 2.41. The molecular formula is C15H20N4O2S2. The number of aromatic nitrogens is 3. The fraction of sp³-hybridized carbons (Fsp3) is 0.667. The van der Waals surface area contributed by atoms with Gasteiger partial charge in [-0.1, -0.05) is 0 Å². The average molecular weight is 352 g/mol. The van der Waals surface area contributed by atoms with Crippen molar-refractivity contribution in [2.75, 3.05) is 19.7 Å². The standard InChI is InChI=1S/C15H20N4O2S2/c1-9-13(22-8-16-9)4-5-21-15-14(17-23-18-15)11-3-2-10-6-19(11)7-12(10)20/h8,10-12,20H,2-7H2,1H3. The van der Waals surface area contributed by atoms with E-state index in [0.717, 1.165) is 43.7 Å². The molecule has 2 aliphatic rings. The van der Waals surface area contributed by atoms with Crippen LogP contribution in [0.15, 0.2) is 5.51 Å². The number of aliphatic hydroxyl groups is 1. The Bertz CT molecular complexity index is 672. The molecule has 23 heavy (non-hydrogen) atoms. The van der Waals surface area contributed by atoms with Crippen molar-refractivity contribution < 1.29 is 9.84 Å². The summed E-state index contributed by atoms with van der Waals surface area (Å²) in [5, 5.41) is 10.0. The Kier molecular flexibility index (Phi) is 4.31. The summed E-state index contributed by atoms with van der Waals surface area (Å²) in [5.41, 5.74) is 3.90. The first-order chi connectivity index (χ1) is 11.2. The molecule has 124 valence electrons. The van der Waals surface area contributed by atoms with Crippen molar-refractivity contribution in [3.63, 3.8) is 0 Å². The number of ether oxygens (including phenoxy) is 1. The van der Waals surface area contributed by atoms with Gasteiger partial charge in [-0.2, -0.15) is 4.37 Å². The first-order valence-electron chi connectivity index (χ1n) is 7.98. The normalized spacial score (nSPS) is 29.8. The van der Waals surface area contributed by atoms with E-state index in [1.807, 2.05) is 12.4 Å². The summed E-state index contributed by atoms with van der Waals surface area (Å²) in [6.07, 6.45) is 2.74. The van der Waals surface area contributed by atoms with Crippen LogP contribution in [0.5, 0.6) is 5.88 Å². The Morgan fingerprint density at radius 1 is 1.35 bits per heavy atom. The van der Waals surface area contributed by atoms with Gasteiger partial charge in [0.1, 0.15) is 5.69 Å². The molecule has 0 amide bonds. The molecule has 2 bridgehead atoms. The van der Waals surface area contributed by atoms with E-state index in [0.29, 0.717) is 18.4 Å². The van der Waals surface area contributed by atoms with Crippen LogP contribution in [0, 0.1) is 12.8 Å². The van der Waals surface area contributed by atoms with Crippen molar-refractivity contribution in [1.82, 2.24) is 18.6 Å². The van der Waals surface area contributed by atoms with E-state index >= 15 is 0 Å². The highest BCUT2D eigenvalue weighted by atomic mass is 32.1. The van der Waals surface area contributed by atoms with Crippen LogP contribution in [-0.4, -0.2) is 49.5 Å². The van der Waals surface area contributed by atoms with Crippen LogP contribution in [0.25, 0.3) is 0 Å². The zero-order chi connectivity index (χ0) is 15.8. The van der Waals surface area contributed by atoms with E-state index in [9.17, 15) is 5.11 Å². The van der Waals surface area contributed by atoms with Gasteiger partial charge < -0.3 is 9.84 Å². The lowest BCUT2D eigenvalue weighted by Crippen LogP contribution is -2.31. The molecule has 6 nitrogen and oxygen atoms in total. The summed E-state index contributed by atoms with van der Waals surface area (Å²) in [6.45, 7) is 4.33. The van der Waals surface area contributed by atoms with E-state index in [1.165, 1.54) is 16.6 Å². The van der Waals surface area contributed by atoms with Gasteiger partial charge in [0.05, 0.1) is 41.7 Å². The summed E-state index contributed by atoms with van der Waals surface area (Å²) in [6, 6.07) is 0.238. The number of hydrogen-bond donors (Lipinski definition) is 1. The molecule has 2 aliphatic heterocycles. The Labute approximate surface area is 143 Å². The van der Waals surface area contributed by atoms with Crippen molar-refractivity contribution in [1.29, 1.82) is 0 Å². The van der Waals surface area contributed by atoms with Crippen molar-refractivity contribution in [3.05, 3.63) is 21.8 Å². The van der Waals surface area contributed by atoms with Gasteiger partial charge >= 0.3 is 0 Å². The summed E-state index contributed by atoms with van der Waals surface area (Å²) in [4.78, 5) is 7.85. The molecular weight excluding hydrogens is 332 g/mol. The van der Waals surface area contributed by atoms with E-state index in [4.69, 9.17) is 4.74 Å². The fourth-order valence-corrected chi connectivity index (χ4v) is 4.90. The lowest BCUT2D eigenvalue weighted by Gasteiger charge is -2.30. The second-order valence-electron chi connectivity index (χ2n) is 6.29. The van der Waals surface area contributed by atoms with E-state index < -0.39 is 0 Å². The van der Waals surface area contributed by atoms with Crippen LogP contribution in [0.4, 0.5) is 0 Å². The van der Waals surface area contributed by atoms with Crippen LogP contribution in [0.2, 0.25) is 0 Å². The number of thiazole rings is 1. The number of aryl methyl sites for hydroxylation is 1. The van der Waals surface area contributed by atoms with Crippen molar-refractivity contribution in [2.24, 2.45) is 5.92 Å². The SMILES string of the molecule is Cc1ncsc1CCOc1nsnc1C1CCC2CN1CC2O. The monoisotopic (exact) mass is 352 g/mol. The molecule has 0 aliphatic carbocycles. The predicted octanol–water partition coefficient (Wildman–Crippen LogP) is 2.05. The molecule has 8 heteroatoms. The quantitative estimate of drug-likeness (QED) is 0.888. The van der Waals surface area contributed by atoms with Gasteiger partial charge in [-0.05, 0) is 25.7 Å². The number of hydrogen-bond acceptors (Lipinski definition) is 8. The summed E-state index contributed by atoms with van der Waals surface area (Å²) >= 11 is 2.88. The molecule has 0 saturated carbocycles. The van der Waals surface area contributed by atoms with Gasteiger partial charge in [0.2, 0.25) is 0 Å². The fourth-order valence-electron chi connectivity index (χ4n) is 3.59. The minimum Gasteiger partial charge on any atom is -0.475 e. The van der Waals surface area contributed by atoms with Crippen molar-refractivity contribution >= 4 is 23.1 Å². The zero-order valence-corrected chi connectivity index (χ0v) is 14.6. The smallest absolute Gasteiger partial charge is 0.250 e. The Hall–Kier alpha value is -1.09. The second-order valence-corrected chi connectivity index (χ2v) is 7.76. The van der Waals surface area contributed by atoms with Crippen LogP contribution in [0.1, 0.15) is 35.1 Å². The summed E-state index contributed by atoms with van der Waals surface area (Å²) in [7, 11) is 0. The molecule has 4 atom stereocenters. The van der Waals surface area contributed by atoms with E-state index in [2.05, 4.69) is 18.6 Å². The van der Waals surface area contributed by atoms with Gasteiger partial charge in [-0.3, -0.25) is 4.90 Å². The van der Waals surface area contributed by atoms with Gasteiger partial charge in [0.15, 0.2) is 0 Å².